The Balaban J connectivity index is 1.51. The zero-order chi connectivity index (χ0) is 19.7. The molecule has 0 fully saturated rings. The molecule has 0 aliphatic heterocycles. The Morgan fingerprint density at radius 3 is 2.71 bits per heavy atom. The number of sulfonamides is 1. The lowest BCUT2D eigenvalue weighted by molar-refractivity contribution is 0.0951. The van der Waals surface area contributed by atoms with Gasteiger partial charge in [0.25, 0.3) is 5.91 Å². The van der Waals surface area contributed by atoms with Gasteiger partial charge in [0.1, 0.15) is 5.58 Å². The number of aromatic nitrogens is 1. The fraction of sp³-hybridized carbons (Fsp3) is 0.100. The van der Waals surface area contributed by atoms with Gasteiger partial charge in [-0.15, -0.1) is 0 Å². The number of amides is 1. The number of benzene rings is 2. The van der Waals surface area contributed by atoms with E-state index in [1.54, 1.807) is 42.7 Å². The second kappa shape index (κ2) is 6.97. The minimum atomic E-state index is -3.35. The van der Waals surface area contributed by atoms with E-state index in [9.17, 15) is 13.2 Å². The Morgan fingerprint density at radius 1 is 1.07 bits per heavy atom. The van der Waals surface area contributed by atoms with Gasteiger partial charge in [-0.1, -0.05) is 12.1 Å². The first-order valence-corrected chi connectivity index (χ1v) is 10.4. The summed E-state index contributed by atoms with van der Waals surface area (Å²) >= 11 is 0. The third-order valence-corrected chi connectivity index (χ3v) is 4.83. The first-order chi connectivity index (χ1) is 13.4. The second-order valence-corrected chi connectivity index (χ2v) is 8.19. The van der Waals surface area contributed by atoms with Crippen LogP contribution in [0.15, 0.2) is 65.3 Å². The van der Waals surface area contributed by atoms with E-state index < -0.39 is 10.0 Å². The molecule has 2 aromatic heterocycles. The number of carbonyl (C=O) groups excluding carboxylic acids is 1. The van der Waals surface area contributed by atoms with E-state index in [0.29, 0.717) is 22.4 Å². The lowest BCUT2D eigenvalue weighted by Crippen LogP contribution is -2.22. The molecule has 0 aliphatic carbocycles. The Bertz CT molecular complexity index is 1300. The van der Waals surface area contributed by atoms with E-state index in [1.807, 2.05) is 18.2 Å². The van der Waals surface area contributed by atoms with Gasteiger partial charge in [0.15, 0.2) is 5.58 Å². The fourth-order valence-electron chi connectivity index (χ4n) is 3.02. The number of fused-ring (bicyclic) bond motifs is 3. The maximum Gasteiger partial charge on any atom is 0.251 e. The molecule has 0 saturated heterocycles. The maximum atomic E-state index is 12.5. The standard InChI is InChI=1S/C20H17N3O4S/c1-28(25,26)23-15-4-2-3-13(9-15)11-22-20(24)14-5-6-16-17-7-8-21-12-19(17)27-18(16)10-14/h2-10,12,23H,11H2,1H3,(H,22,24). The van der Waals surface area contributed by atoms with Crippen LogP contribution in [-0.2, 0) is 16.6 Å². The predicted octanol–water partition coefficient (Wildman–Crippen LogP) is 3.28. The van der Waals surface area contributed by atoms with Crippen LogP contribution >= 0.6 is 0 Å². The number of hydrogen-bond acceptors (Lipinski definition) is 5. The highest BCUT2D eigenvalue weighted by Gasteiger charge is 2.11. The molecular formula is C20H17N3O4S. The smallest absolute Gasteiger partial charge is 0.251 e. The van der Waals surface area contributed by atoms with Gasteiger partial charge in [-0.05, 0) is 42.0 Å². The van der Waals surface area contributed by atoms with E-state index in [2.05, 4.69) is 15.0 Å². The molecule has 0 bridgehead atoms. The fourth-order valence-corrected chi connectivity index (χ4v) is 3.57. The van der Waals surface area contributed by atoms with Crippen LogP contribution in [0, 0.1) is 0 Å². The summed E-state index contributed by atoms with van der Waals surface area (Å²) < 4.78 is 30.9. The minimum Gasteiger partial charge on any atom is -0.454 e. The van der Waals surface area contributed by atoms with Gasteiger partial charge in [0.05, 0.1) is 12.5 Å². The van der Waals surface area contributed by atoms with Crippen molar-refractivity contribution >= 4 is 43.6 Å². The highest BCUT2D eigenvalue weighted by molar-refractivity contribution is 7.92. The third kappa shape index (κ3) is 3.81. The van der Waals surface area contributed by atoms with Gasteiger partial charge < -0.3 is 9.73 Å². The summed E-state index contributed by atoms with van der Waals surface area (Å²) in [6.07, 6.45) is 4.43. The van der Waals surface area contributed by atoms with Gasteiger partial charge in [-0.25, -0.2) is 8.42 Å². The number of carbonyl (C=O) groups is 1. The SMILES string of the molecule is CS(=O)(=O)Nc1cccc(CNC(=O)c2ccc3c(c2)oc2cnccc23)c1. The van der Waals surface area contributed by atoms with Crippen molar-refractivity contribution in [3.05, 3.63) is 72.1 Å². The zero-order valence-corrected chi connectivity index (χ0v) is 15.8. The number of pyridine rings is 1. The van der Waals surface area contributed by atoms with Crippen molar-refractivity contribution < 1.29 is 17.6 Å². The van der Waals surface area contributed by atoms with Crippen LogP contribution in [0.5, 0.6) is 0 Å². The molecule has 4 rings (SSSR count). The van der Waals surface area contributed by atoms with Crippen molar-refractivity contribution in [2.45, 2.75) is 6.54 Å². The lowest BCUT2D eigenvalue weighted by Gasteiger charge is -2.08. The van der Waals surface area contributed by atoms with Crippen LogP contribution in [0.1, 0.15) is 15.9 Å². The largest absolute Gasteiger partial charge is 0.454 e. The summed E-state index contributed by atoms with van der Waals surface area (Å²) in [5, 5.41) is 4.71. The number of nitrogens with one attached hydrogen (secondary N) is 2. The molecule has 28 heavy (non-hydrogen) atoms. The minimum absolute atomic E-state index is 0.248. The zero-order valence-electron chi connectivity index (χ0n) is 15.0. The van der Waals surface area contributed by atoms with Crippen LogP contribution in [0.2, 0.25) is 0 Å². The summed E-state index contributed by atoms with van der Waals surface area (Å²) in [7, 11) is -3.35. The van der Waals surface area contributed by atoms with Crippen molar-refractivity contribution in [2.75, 3.05) is 11.0 Å². The molecule has 0 spiro atoms. The van der Waals surface area contributed by atoms with Crippen LogP contribution in [0.4, 0.5) is 5.69 Å². The van der Waals surface area contributed by atoms with E-state index in [0.717, 1.165) is 22.6 Å². The van der Waals surface area contributed by atoms with Crippen LogP contribution in [-0.4, -0.2) is 25.6 Å². The maximum absolute atomic E-state index is 12.5. The number of hydrogen-bond donors (Lipinski definition) is 2. The van der Waals surface area contributed by atoms with Gasteiger partial charge in [-0.3, -0.25) is 14.5 Å². The highest BCUT2D eigenvalue weighted by atomic mass is 32.2. The monoisotopic (exact) mass is 395 g/mol. The van der Waals surface area contributed by atoms with Crippen molar-refractivity contribution in [1.82, 2.24) is 10.3 Å². The Morgan fingerprint density at radius 2 is 1.89 bits per heavy atom. The number of furan rings is 1. The van der Waals surface area contributed by atoms with E-state index >= 15 is 0 Å². The molecule has 2 N–H and O–H groups in total. The van der Waals surface area contributed by atoms with Crippen molar-refractivity contribution in [1.29, 1.82) is 0 Å². The molecule has 1 amide bonds. The molecule has 0 aliphatic rings. The molecule has 2 aromatic carbocycles. The Labute approximate surface area is 161 Å². The topological polar surface area (TPSA) is 101 Å². The average Bonchev–Trinajstić information content (AvgIpc) is 3.03. The lowest BCUT2D eigenvalue weighted by atomic mass is 10.1. The van der Waals surface area contributed by atoms with Crippen molar-refractivity contribution in [2.24, 2.45) is 0 Å². The number of anilines is 1. The first-order valence-electron chi connectivity index (χ1n) is 8.50. The molecule has 0 saturated carbocycles. The third-order valence-electron chi connectivity index (χ3n) is 4.22. The average molecular weight is 395 g/mol. The molecule has 0 radical (unpaired) electrons. The number of rotatable bonds is 5. The number of nitrogens with zero attached hydrogens (tertiary/aromatic N) is 1. The molecule has 4 aromatic rings. The van der Waals surface area contributed by atoms with E-state index in [4.69, 9.17) is 4.42 Å². The molecule has 2 heterocycles. The summed E-state index contributed by atoms with van der Waals surface area (Å²) in [6, 6.07) is 14.0. The van der Waals surface area contributed by atoms with Crippen molar-refractivity contribution in [3.63, 3.8) is 0 Å². The molecular weight excluding hydrogens is 378 g/mol. The van der Waals surface area contributed by atoms with Gasteiger partial charge >= 0.3 is 0 Å². The Kier molecular flexibility index (Phi) is 4.48. The van der Waals surface area contributed by atoms with Gasteiger partial charge in [0.2, 0.25) is 10.0 Å². The molecule has 8 heteroatoms. The van der Waals surface area contributed by atoms with Crippen LogP contribution in [0.25, 0.3) is 21.9 Å². The summed E-state index contributed by atoms with van der Waals surface area (Å²) in [4.78, 5) is 16.6. The first kappa shape index (κ1) is 18.0. The molecule has 0 atom stereocenters. The molecule has 142 valence electrons. The normalized spacial score (nSPS) is 11.6. The van der Waals surface area contributed by atoms with Gasteiger partial charge in [-0.2, -0.15) is 0 Å². The summed E-state index contributed by atoms with van der Waals surface area (Å²) in [5.41, 5.74) is 3.00. The Hall–Kier alpha value is -3.39. The van der Waals surface area contributed by atoms with E-state index in [-0.39, 0.29) is 12.5 Å². The van der Waals surface area contributed by atoms with Gasteiger partial charge in [0, 0.05) is 34.8 Å². The quantitative estimate of drug-likeness (QED) is 0.540. The van der Waals surface area contributed by atoms with E-state index in [1.165, 1.54) is 0 Å². The summed E-state index contributed by atoms with van der Waals surface area (Å²) in [6.45, 7) is 0.264. The summed E-state index contributed by atoms with van der Waals surface area (Å²) in [5.74, 6) is -0.248. The van der Waals surface area contributed by atoms with Crippen LogP contribution < -0.4 is 10.0 Å². The second-order valence-electron chi connectivity index (χ2n) is 6.44. The van der Waals surface area contributed by atoms with Crippen LogP contribution in [0.3, 0.4) is 0 Å². The highest BCUT2D eigenvalue weighted by Crippen LogP contribution is 2.28. The molecule has 7 nitrogen and oxygen atoms in total. The molecule has 0 unspecified atom stereocenters. The predicted molar refractivity (Wildman–Crippen MR) is 108 cm³/mol. The van der Waals surface area contributed by atoms with Crippen molar-refractivity contribution in [3.8, 4) is 0 Å².